The lowest BCUT2D eigenvalue weighted by molar-refractivity contribution is -0.340. The van der Waals surface area contributed by atoms with Crippen LogP contribution in [0.25, 0.3) is 12.2 Å². The van der Waals surface area contributed by atoms with Crippen LogP contribution in [0.1, 0.15) is 68.1 Å². The second kappa shape index (κ2) is 19.0. The number of rotatable bonds is 16. The van der Waals surface area contributed by atoms with Gasteiger partial charge in [0.2, 0.25) is 0 Å². The van der Waals surface area contributed by atoms with Gasteiger partial charge in [0.05, 0.1) is 12.7 Å². The summed E-state index contributed by atoms with van der Waals surface area (Å²) in [5, 5.41) is 58.3. The molecule has 3 aromatic rings. The third-order valence-electron chi connectivity index (χ3n) is 13.8. The monoisotopic (exact) mass is 878 g/mol. The summed E-state index contributed by atoms with van der Waals surface area (Å²) in [6, 6.07) is 19.0. The maximum Gasteiger partial charge on any atom is 0.336 e. The number of carboxylic acid groups (broad SMARTS) is 1. The molecule has 340 valence electrons. The van der Waals surface area contributed by atoms with E-state index in [1.54, 1.807) is 30.4 Å². The molecule has 3 bridgehead atoms. The first-order chi connectivity index (χ1) is 30.8. The van der Waals surface area contributed by atoms with Crippen LogP contribution in [-0.4, -0.2) is 111 Å². The maximum atomic E-state index is 15.4. The molecule has 14 nitrogen and oxygen atoms in total. The van der Waals surface area contributed by atoms with Crippen molar-refractivity contribution in [2.24, 2.45) is 23.5 Å². The van der Waals surface area contributed by atoms with Gasteiger partial charge < -0.3 is 55.5 Å². The van der Waals surface area contributed by atoms with Crippen LogP contribution in [0.15, 0.2) is 90.5 Å². The van der Waals surface area contributed by atoms with Crippen molar-refractivity contribution in [3.63, 3.8) is 0 Å². The van der Waals surface area contributed by atoms with Gasteiger partial charge in [-0.3, -0.25) is 9.59 Å². The second-order valence-corrected chi connectivity index (χ2v) is 18.1. The number of ketones is 2. The molecule has 8 atom stereocenters. The topological polar surface area (TPSA) is 227 Å². The van der Waals surface area contributed by atoms with Gasteiger partial charge in [-0.25, -0.2) is 4.79 Å². The van der Waals surface area contributed by atoms with E-state index in [0.29, 0.717) is 24.0 Å². The highest BCUT2D eigenvalue weighted by molar-refractivity contribution is 6.08. The van der Waals surface area contributed by atoms with Crippen molar-refractivity contribution in [3.05, 3.63) is 107 Å². The average molecular weight is 879 g/mol. The lowest BCUT2D eigenvalue weighted by atomic mass is 9.54. The number of aromatic hydroxyl groups is 3. The molecule has 2 heterocycles. The van der Waals surface area contributed by atoms with Crippen molar-refractivity contribution >= 4 is 29.7 Å². The van der Waals surface area contributed by atoms with Gasteiger partial charge in [0.25, 0.3) is 0 Å². The quantitative estimate of drug-likeness (QED) is 0.0721. The molecular formula is C50H58N2O12. The molecule has 5 aliphatic rings. The number of aryl methyl sites for hydroxylation is 1. The number of aliphatic carboxylic acids is 1. The Morgan fingerprint density at radius 1 is 0.938 bits per heavy atom. The van der Waals surface area contributed by atoms with Gasteiger partial charge in [-0.05, 0) is 103 Å². The second-order valence-electron chi connectivity index (χ2n) is 18.1. The zero-order valence-corrected chi connectivity index (χ0v) is 35.8. The number of Topliss-reactive ketones (excluding diaryl/α,β-unsaturated/α-hetero) is 1. The van der Waals surface area contributed by atoms with Crippen LogP contribution in [0.3, 0.4) is 0 Å². The molecule has 2 saturated carbocycles. The lowest BCUT2D eigenvalue weighted by Gasteiger charge is -2.65. The van der Waals surface area contributed by atoms with Crippen LogP contribution >= 0.6 is 0 Å². The Balaban J connectivity index is 1.19. The van der Waals surface area contributed by atoms with Crippen molar-refractivity contribution in [3.8, 4) is 23.0 Å². The number of hydrogen-bond acceptors (Lipinski definition) is 13. The summed E-state index contributed by atoms with van der Waals surface area (Å²) < 4.78 is 26.1. The number of phenols is 3. The number of carbonyl (C=O) groups is 3. The fraction of sp³-hybridized carbons (Fsp3) is 0.460. The fourth-order valence-electron chi connectivity index (χ4n) is 10.9. The molecule has 8 unspecified atom stereocenters. The number of ether oxygens (including phenoxy) is 4. The van der Waals surface area contributed by atoms with Gasteiger partial charge in [-0.2, -0.15) is 0 Å². The number of aliphatic hydroxyl groups excluding tert-OH is 1. The third-order valence-corrected chi connectivity index (χ3v) is 13.8. The van der Waals surface area contributed by atoms with Gasteiger partial charge >= 0.3 is 5.97 Å². The van der Waals surface area contributed by atoms with E-state index < -0.39 is 65.6 Å². The smallest absolute Gasteiger partial charge is 0.336 e. The molecule has 64 heavy (non-hydrogen) atoms. The zero-order chi connectivity index (χ0) is 45.1. The molecule has 0 radical (unpaired) electrons. The molecule has 8 N–H and O–H groups in total. The summed E-state index contributed by atoms with van der Waals surface area (Å²) in [6.07, 6.45) is 10.4. The number of benzene rings is 3. The average Bonchev–Trinajstić information content (AvgIpc) is 3.78. The highest BCUT2D eigenvalue weighted by atomic mass is 16.6. The SMILES string of the molecule is NCCOc1ccc(C=CC(=O)COC2(C(=O)O)CC(O)C3OCC(CCc4ccccc4)CC45CC(C=CC(=Cc6ccc(O)c(O)c6)C4=O)C2C3(CNC2CCCC2)O5)cc1O. The minimum absolute atomic E-state index is 0.0454. The predicted molar refractivity (Wildman–Crippen MR) is 237 cm³/mol. The number of nitrogens with two attached hydrogens (primary N) is 1. The van der Waals surface area contributed by atoms with E-state index in [4.69, 9.17) is 24.7 Å². The van der Waals surface area contributed by atoms with E-state index in [9.17, 15) is 35.1 Å². The highest BCUT2D eigenvalue weighted by Crippen LogP contribution is 2.60. The summed E-state index contributed by atoms with van der Waals surface area (Å²) in [4.78, 5) is 43.1. The number of carbonyl (C=O) groups excluding carboxylic acids is 2. The van der Waals surface area contributed by atoms with Crippen LogP contribution in [0.4, 0.5) is 0 Å². The van der Waals surface area contributed by atoms with E-state index in [-0.39, 0.29) is 85.5 Å². The van der Waals surface area contributed by atoms with Gasteiger partial charge in [0, 0.05) is 37.0 Å². The summed E-state index contributed by atoms with van der Waals surface area (Å²) in [6.45, 7) is 0.0320. The Morgan fingerprint density at radius 2 is 1.70 bits per heavy atom. The number of nitrogens with one attached hydrogen (secondary N) is 1. The molecule has 3 aliphatic carbocycles. The normalized spacial score (nSPS) is 30.8. The molecule has 3 aromatic carbocycles. The first-order valence-corrected chi connectivity index (χ1v) is 22.3. The van der Waals surface area contributed by atoms with Gasteiger partial charge in [-0.15, -0.1) is 0 Å². The predicted octanol–water partition coefficient (Wildman–Crippen LogP) is 5.25. The number of aliphatic hydroxyl groups is 1. The molecule has 0 amide bonds. The first-order valence-electron chi connectivity index (χ1n) is 22.3. The molecule has 14 heteroatoms. The van der Waals surface area contributed by atoms with Crippen LogP contribution < -0.4 is 15.8 Å². The summed E-state index contributed by atoms with van der Waals surface area (Å²) in [5.74, 6) is -4.78. The van der Waals surface area contributed by atoms with Crippen molar-refractivity contribution in [1.82, 2.24) is 5.32 Å². The van der Waals surface area contributed by atoms with E-state index in [1.807, 2.05) is 36.4 Å². The molecule has 0 aromatic heterocycles. The van der Waals surface area contributed by atoms with Gasteiger partial charge in [0.1, 0.15) is 30.5 Å². The van der Waals surface area contributed by atoms with Gasteiger partial charge in [0.15, 0.2) is 40.2 Å². The molecule has 4 fully saturated rings. The highest BCUT2D eigenvalue weighted by Gasteiger charge is 2.74. The molecular weight excluding hydrogens is 821 g/mol. The fourth-order valence-corrected chi connectivity index (χ4v) is 10.9. The van der Waals surface area contributed by atoms with Crippen LogP contribution in [0.5, 0.6) is 23.0 Å². The molecule has 8 rings (SSSR count). The first kappa shape index (κ1) is 45.2. The molecule has 1 spiro atoms. The number of phenolic OH excluding ortho intramolecular Hbond substituents is 3. The minimum Gasteiger partial charge on any atom is -0.504 e. The van der Waals surface area contributed by atoms with Crippen molar-refractivity contribution in [2.75, 3.05) is 32.9 Å². The van der Waals surface area contributed by atoms with E-state index in [0.717, 1.165) is 31.2 Å². The number of carboxylic acids is 1. The number of allylic oxidation sites excluding steroid dienone is 2. The maximum absolute atomic E-state index is 15.4. The lowest BCUT2D eigenvalue weighted by Crippen LogP contribution is -2.80. The Labute approximate surface area is 372 Å². The third kappa shape index (κ3) is 9.13. The summed E-state index contributed by atoms with van der Waals surface area (Å²) >= 11 is 0. The zero-order valence-electron chi connectivity index (χ0n) is 35.8. The number of fused-ring (bicyclic) bond motifs is 2. The van der Waals surface area contributed by atoms with Crippen molar-refractivity contribution in [2.45, 2.75) is 92.8 Å². The molecule has 2 saturated heterocycles. The largest absolute Gasteiger partial charge is 0.504 e. The van der Waals surface area contributed by atoms with E-state index in [1.165, 1.54) is 30.4 Å². The summed E-state index contributed by atoms with van der Waals surface area (Å²) in [5.41, 5.74) is 2.50. The number of hydrogen-bond donors (Lipinski definition) is 7. The Kier molecular flexibility index (Phi) is 13.4. The standard InChI is InChI=1S/C50H58N2O12/c51-20-21-61-43-19-14-32(23-41(43)56)12-17-38(53)29-63-49(47(59)60)27-42(57)46-50(30-52-37-8-4-5-9-37)44(49)36-16-15-35(22-33-13-18-39(54)40(55)24-33)45(58)48(26-36,64-50)25-34(28-62-46)11-10-31-6-2-1-3-7-31/h1-3,6-7,12-19,22-24,34,36-37,42,44,46,52,54-57H,4-5,8-11,20-21,25-30,51H2,(H,59,60). The van der Waals surface area contributed by atoms with Crippen LogP contribution in [-0.2, 0) is 35.0 Å². The minimum atomic E-state index is -2.19. The Morgan fingerprint density at radius 3 is 2.44 bits per heavy atom. The van der Waals surface area contributed by atoms with E-state index in [2.05, 4.69) is 5.32 Å². The van der Waals surface area contributed by atoms with Crippen molar-refractivity contribution in [1.29, 1.82) is 0 Å². The molecule has 2 aliphatic heterocycles. The van der Waals surface area contributed by atoms with Crippen LogP contribution in [0, 0.1) is 17.8 Å². The van der Waals surface area contributed by atoms with Gasteiger partial charge in [-0.1, -0.05) is 73.5 Å². The van der Waals surface area contributed by atoms with Crippen molar-refractivity contribution < 1.29 is 58.9 Å². The summed E-state index contributed by atoms with van der Waals surface area (Å²) in [7, 11) is 0. The Hall–Kier alpha value is -5.35. The van der Waals surface area contributed by atoms with E-state index >= 15 is 4.79 Å². The van der Waals surface area contributed by atoms with Crippen LogP contribution in [0.2, 0.25) is 0 Å². The Bertz CT molecular complexity index is 2290.